The van der Waals surface area contributed by atoms with E-state index >= 15 is 0 Å². The lowest BCUT2D eigenvalue weighted by Gasteiger charge is -2.06. The van der Waals surface area contributed by atoms with Crippen molar-refractivity contribution in [2.24, 2.45) is 0 Å². The van der Waals surface area contributed by atoms with Gasteiger partial charge in [-0.15, -0.1) is 0 Å². The van der Waals surface area contributed by atoms with Crippen molar-refractivity contribution in [1.82, 2.24) is 0 Å². The second-order valence-electron chi connectivity index (χ2n) is 6.03. The van der Waals surface area contributed by atoms with Crippen LogP contribution in [0.2, 0.25) is 0 Å². The number of ketones is 1. The topological polar surface area (TPSA) is 39.4 Å². The Hall–Kier alpha value is -2.55. The molecule has 24 heavy (non-hydrogen) atoms. The molecule has 0 N–H and O–H groups in total. The number of aryl methyl sites for hydroxylation is 2. The lowest BCUT2D eigenvalue weighted by Crippen LogP contribution is -1.95. The van der Waals surface area contributed by atoms with Crippen molar-refractivity contribution in [2.45, 2.75) is 33.1 Å². The lowest BCUT2D eigenvalue weighted by atomic mass is 10.0. The third kappa shape index (κ3) is 3.85. The van der Waals surface area contributed by atoms with Gasteiger partial charge in [-0.3, -0.25) is 4.79 Å². The van der Waals surface area contributed by atoms with E-state index in [0.717, 1.165) is 42.6 Å². The summed E-state index contributed by atoms with van der Waals surface area (Å²) in [4.78, 5) is 11.4. The number of carbonyl (C=O) groups is 1. The molecule has 0 fully saturated rings. The highest BCUT2D eigenvalue weighted by molar-refractivity contribution is 5.96. The minimum atomic E-state index is -0.0434. The van der Waals surface area contributed by atoms with E-state index in [1.54, 1.807) is 6.07 Å². The fourth-order valence-electron chi connectivity index (χ4n) is 2.67. The summed E-state index contributed by atoms with van der Waals surface area (Å²) >= 11 is 0. The number of hydrogen-bond donors (Lipinski definition) is 0. The molecule has 0 amide bonds. The van der Waals surface area contributed by atoms with E-state index in [1.807, 2.05) is 24.3 Å². The summed E-state index contributed by atoms with van der Waals surface area (Å²) < 4.78 is 11.2. The van der Waals surface area contributed by atoms with Gasteiger partial charge in [-0.25, -0.2) is 0 Å². The normalized spacial score (nSPS) is 10.9. The van der Waals surface area contributed by atoms with E-state index in [2.05, 4.69) is 25.1 Å². The predicted molar refractivity (Wildman–Crippen MR) is 95.9 cm³/mol. The summed E-state index contributed by atoms with van der Waals surface area (Å²) in [5.74, 6) is 1.30. The van der Waals surface area contributed by atoms with Crippen LogP contribution in [0.1, 0.15) is 41.9 Å². The Morgan fingerprint density at radius 1 is 1.00 bits per heavy atom. The van der Waals surface area contributed by atoms with Crippen LogP contribution in [-0.4, -0.2) is 12.4 Å². The molecule has 3 heteroatoms. The van der Waals surface area contributed by atoms with Crippen molar-refractivity contribution in [3.63, 3.8) is 0 Å². The summed E-state index contributed by atoms with van der Waals surface area (Å²) in [5.41, 5.74) is 3.27. The van der Waals surface area contributed by atoms with Gasteiger partial charge in [0.25, 0.3) is 0 Å². The fourth-order valence-corrected chi connectivity index (χ4v) is 2.67. The fraction of sp³-hybridized carbons (Fsp3) is 0.286. The number of ether oxygens (including phenoxy) is 1. The highest BCUT2D eigenvalue weighted by Crippen LogP contribution is 2.22. The van der Waals surface area contributed by atoms with Crippen molar-refractivity contribution < 1.29 is 13.9 Å². The quantitative estimate of drug-likeness (QED) is 0.561. The molecular weight excluding hydrogens is 300 g/mol. The molecule has 1 heterocycles. The Balaban J connectivity index is 1.65. The van der Waals surface area contributed by atoms with Crippen molar-refractivity contribution in [1.29, 1.82) is 0 Å². The van der Waals surface area contributed by atoms with Gasteiger partial charge in [0, 0.05) is 12.3 Å². The zero-order valence-corrected chi connectivity index (χ0v) is 14.2. The Morgan fingerprint density at radius 3 is 2.42 bits per heavy atom. The summed E-state index contributed by atoms with van der Waals surface area (Å²) in [7, 11) is 0. The monoisotopic (exact) mass is 322 g/mol. The van der Waals surface area contributed by atoms with Crippen molar-refractivity contribution >= 4 is 16.8 Å². The van der Waals surface area contributed by atoms with Crippen LogP contribution < -0.4 is 4.74 Å². The van der Waals surface area contributed by atoms with Crippen molar-refractivity contribution in [2.75, 3.05) is 6.61 Å². The molecule has 0 saturated heterocycles. The third-order valence-corrected chi connectivity index (χ3v) is 4.03. The second-order valence-corrected chi connectivity index (χ2v) is 6.03. The lowest BCUT2D eigenvalue weighted by molar-refractivity contribution is 0.0989. The van der Waals surface area contributed by atoms with Crippen molar-refractivity contribution in [3.8, 4) is 5.75 Å². The highest BCUT2D eigenvalue weighted by atomic mass is 16.5. The summed E-state index contributed by atoms with van der Waals surface area (Å²) in [6, 6.07) is 16.2. The summed E-state index contributed by atoms with van der Waals surface area (Å²) in [6.45, 7) is 4.38. The van der Waals surface area contributed by atoms with Gasteiger partial charge in [0.15, 0.2) is 11.5 Å². The number of rotatable bonds is 7. The Kier molecular flexibility index (Phi) is 4.99. The third-order valence-electron chi connectivity index (χ3n) is 4.03. The number of carbonyl (C=O) groups excluding carboxylic acids is 1. The molecule has 0 aliphatic carbocycles. The molecule has 0 radical (unpaired) electrons. The zero-order chi connectivity index (χ0) is 16.9. The molecule has 0 saturated carbocycles. The number of benzene rings is 2. The number of Topliss-reactive ketones (excluding diaryl/α,β-unsaturated/α-hetero) is 1. The van der Waals surface area contributed by atoms with Crippen LogP contribution in [0.5, 0.6) is 5.75 Å². The van der Waals surface area contributed by atoms with Gasteiger partial charge in [0.2, 0.25) is 0 Å². The van der Waals surface area contributed by atoms with Gasteiger partial charge in [0.1, 0.15) is 11.3 Å². The number of fused-ring (bicyclic) bond motifs is 1. The maximum Gasteiger partial charge on any atom is 0.194 e. The predicted octanol–water partition coefficient (Wildman–Crippen LogP) is 5.21. The zero-order valence-electron chi connectivity index (χ0n) is 14.2. The van der Waals surface area contributed by atoms with Crippen LogP contribution in [0, 0.1) is 0 Å². The Labute approximate surface area is 142 Å². The van der Waals surface area contributed by atoms with E-state index in [-0.39, 0.29) is 5.78 Å². The first-order valence-electron chi connectivity index (χ1n) is 8.41. The largest absolute Gasteiger partial charge is 0.494 e. The van der Waals surface area contributed by atoms with E-state index < -0.39 is 0 Å². The highest BCUT2D eigenvalue weighted by Gasteiger charge is 2.08. The maximum atomic E-state index is 11.4. The first-order chi connectivity index (χ1) is 11.7. The SMILES string of the molecule is CCCOc1ccc(CCc2ccc3cc(C(C)=O)oc3c2)cc1. The van der Waals surface area contributed by atoms with Crippen LogP contribution in [-0.2, 0) is 12.8 Å². The average molecular weight is 322 g/mol. The van der Waals surface area contributed by atoms with E-state index in [4.69, 9.17) is 9.15 Å². The standard InChI is InChI=1S/C21H22O3/c1-3-12-23-19-10-7-16(8-11-19)4-5-17-6-9-18-14-20(15(2)22)24-21(18)13-17/h6-11,13-14H,3-5,12H2,1-2H3. The van der Waals surface area contributed by atoms with Gasteiger partial charge in [-0.1, -0.05) is 31.2 Å². The van der Waals surface area contributed by atoms with Gasteiger partial charge < -0.3 is 9.15 Å². The molecule has 2 aromatic carbocycles. The molecule has 1 aromatic heterocycles. The van der Waals surface area contributed by atoms with Gasteiger partial charge in [0.05, 0.1) is 6.61 Å². The van der Waals surface area contributed by atoms with E-state index in [0.29, 0.717) is 5.76 Å². The molecular formula is C21H22O3. The second kappa shape index (κ2) is 7.35. The molecule has 0 atom stereocenters. The van der Waals surface area contributed by atoms with Gasteiger partial charge in [-0.05, 0) is 54.7 Å². The number of furan rings is 1. The van der Waals surface area contributed by atoms with Crippen LogP contribution in [0.15, 0.2) is 52.9 Å². The van der Waals surface area contributed by atoms with Crippen LogP contribution in [0.3, 0.4) is 0 Å². The molecule has 0 spiro atoms. The van der Waals surface area contributed by atoms with Crippen molar-refractivity contribution in [3.05, 3.63) is 65.4 Å². The molecule has 0 bridgehead atoms. The smallest absolute Gasteiger partial charge is 0.194 e. The minimum absolute atomic E-state index is 0.0434. The first-order valence-corrected chi connectivity index (χ1v) is 8.41. The average Bonchev–Trinajstić information content (AvgIpc) is 3.02. The molecule has 3 rings (SSSR count). The Bertz CT molecular complexity index is 828. The van der Waals surface area contributed by atoms with Crippen LogP contribution in [0.4, 0.5) is 0 Å². The summed E-state index contributed by atoms with van der Waals surface area (Å²) in [5, 5.41) is 0.973. The minimum Gasteiger partial charge on any atom is -0.494 e. The number of hydrogen-bond acceptors (Lipinski definition) is 3. The molecule has 3 nitrogen and oxygen atoms in total. The van der Waals surface area contributed by atoms with Crippen LogP contribution in [0.25, 0.3) is 11.0 Å². The van der Waals surface area contributed by atoms with Gasteiger partial charge >= 0.3 is 0 Å². The molecule has 0 aliphatic heterocycles. The Morgan fingerprint density at radius 2 is 1.71 bits per heavy atom. The van der Waals surface area contributed by atoms with Gasteiger partial charge in [-0.2, -0.15) is 0 Å². The maximum absolute atomic E-state index is 11.4. The van der Waals surface area contributed by atoms with Crippen LogP contribution >= 0.6 is 0 Å². The van der Waals surface area contributed by atoms with E-state index in [9.17, 15) is 4.79 Å². The first kappa shape index (κ1) is 16.3. The molecule has 3 aromatic rings. The summed E-state index contributed by atoms with van der Waals surface area (Å²) in [6.07, 6.45) is 2.91. The van der Waals surface area contributed by atoms with E-state index in [1.165, 1.54) is 18.1 Å². The molecule has 124 valence electrons. The molecule has 0 aliphatic rings. The molecule has 0 unspecified atom stereocenters.